The molecule has 0 aliphatic carbocycles. The van der Waals surface area contributed by atoms with Crippen LogP contribution in [0.4, 0.5) is 5.69 Å². The summed E-state index contributed by atoms with van der Waals surface area (Å²) in [5.74, 6) is 0.731. The standard InChI is InChI=1S/C22H23NO3/c1-14-9-15(2)20(16(3)10-14)12-19-7-8-21(26-19)22(25)23-18-6-4-5-17(11-18)13-24/h4-11,24H,12-13H2,1-3H3,(H,23,25). The first-order valence-corrected chi connectivity index (χ1v) is 8.63. The second-order valence-corrected chi connectivity index (χ2v) is 6.63. The zero-order valence-electron chi connectivity index (χ0n) is 15.3. The van der Waals surface area contributed by atoms with Crippen LogP contribution in [0.1, 0.15) is 44.1 Å². The highest BCUT2D eigenvalue weighted by Gasteiger charge is 2.13. The largest absolute Gasteiger partial charge is 0.456 e. The molecule has 3 aromatic rings. The molecule has 0 atom stereocenters. The van der Waals surface area contributed by atoms with Crippen LogP contribution in [-0.2, 0) is 13.0 Å². The zero-order valence-corrected chi connectivity index (χ0v) is 15.3. The Labute approximate surface area is 153 Å². The number of furan rings is 1. The Morgan fingerprint density at radius 2 is 1.77 bits per heavy atom. The van der Waals surface area contributed by atoms with Gasteiger partial charge in [0.2, 0.25) is 0 Å². The van der Waals surface area contributed by atoms with Crippen molar-refractivity contribution in [2.24, 2.45) is 0 Å². The Bertz CT molecular complexity index is 917. The summed E-state index contributed by atoms with van der Waals surface area (Å²) in [6, 6.07) is 15.0. The maximum Gasteiger partial charge on any atom is 0.291 e. The Balaban J connectivity index is 1.74. The number of anilines is 1. The number of aryl methyl sites for hydroxylation is 3. The lowest BCUT2D eigenvalue weighted by Gasteiger charge is -2.10. The van der Waals surface area contributed by atoms with Gasteiger partial charge in [-0.15, -0.1) is 0 Å². The fourth-order valence-electron chi connectivity index (χ4n) is 3.20. The van der Waals surface area contributed by atoms with Crippen LogP contribution < -0.4 is 5.32 Å². The van der Waals surface area contributed by atoms with Gasteiger partial charge in [0, 0.05) is 12.1 Å². The second kappa shape index (κ2) is 7.58. The number of carbonyl (C=O) groups is 1. The van der Waals surface area contributed by atoms with E-state index < -0.39 is 0 Å². The maximum absolute atomic E-state index is 12.4. The molecule has 1 amide bonds. The summed E-state index contributed by atoms with van der Waals surface area (Å²) in [7, 11) is 0. The van der Waals surface area contributed by atoms with Gasteiger partial charge in [-0.2, -0.15) is 0 Å². The second-order valence-electron chi connectivity index (χ2n) is 6.63. The number of hydrogen-bond acceptors (Lipinski definition) is 3. The number of aliphatic hydroxyl groups excluding tert-OH is 1. The molecule has 2 aromatic carbocycles. The van der Waals surface area contributed by atoms with Gasteiger partial charge in [-0.1, -0.05) is 29.8 Å². The third-order valence-electron chi connectivity index (χ3n) is 4.44. The summed E-state index contributed by atoms with van der Waals surface area (Å²) in [5.41, 5.74) is 6.30. The Morgan fingerprint density at radius 1 is 1.04 bits per heavy atom. The van der Waals surface area contributed by atoms with Crippen LogP contribution in [0.25, 0.3) is 0 Å². The number of benzene rings is 2. The third-order valence-corrected chi connectivity index (χ3v) is 4.44. The fraction of sp³-hybridized carbons (Fsp3) is 0.227. The highest BCUT2D eigenvalue weighted by Crippen LogP contribution is 2.22. The Kier molecular flexibility index (Phi) is 5.24. The van der Waals surface area contributed by atoms with Crippen LogP contribution in [0, 0.1) is 20.8 Å². The fourth-order valence-corrected chi connectivity index (χ4v) is 3.20. The SMILES string of the molecule is Cc1cc(C)c(Cc2ccc(C(=O)Nc3cccc(CO)c3)o2)c(C)c1. The average molecular weight is 349 g/mol. The quantitative estimate of drug-likeness (QED) is 0.711. The smallest absolute Gasteiger partial charge is 0.291 e. The molecule has 1 aromatic heterocycles. The summed E-state index contributed by atoms with van der Waals surface area (Å²) in [6.45, 7) is 6.22. The molecule has 2 N–H and O–H groups in total. The first-order chi connectivity index (χ1) is 12.5. The van der Waals surface area contributed by atoms with Gasteiger partial charge >= 0.3 is 0 Å². The number of aliphatic hydroxyl groups is 1. The summed E-state index contributed by atoms with van der Waals surface area (Å²) < 4.78 is 5.76. The lowest BCUT2D eigenvalue weighted by Crippen LogP contribution is -2.11. The van der Waals surface area contributed by atoms with E-state index in [1.807, 2.05) is 6.07 Å². The summed E-state index contributed by atoms with van der Waals surface area (Å²) in [4.78, 5) is 12.4. The molecule has 1 heterocycles. The van der Waals surface area contributed by atoms with Crippen LogP contribution in [0.15, 0.2) is 52.9 Å². The van der Waals surface area contributed by atoms with E-state index in [1.54, 1.807) is 30.3 Å². The molecule has 0 unspecified atom stereocenters. The molecule has 4 nitrogen and oxygen atoms in total. The van der Waals surface area contributed by atoms with Crippen molar-refractivity contribution in [2.45, 2.75) is 33.8 Å². The predicted molar refractivity (Wildman–Crippen MR) is 102 cm³/mol. The van der Waals surface area contributed by atoms with Gasteiger partial charge < -0.3 is 14.8 Å². The average Bonchev–Trinajstić information content (AvgIpc) is 3.07. The van der Waals surface area contributed by atoms with E-state index in [1.165, 1.54) is 22.3 Å². The summed E-state index contributed by atoms with van der Waals surface area (Å²) in [5, 5.41) is 12.0. The monoisotopic (exact) mass is 349 g/mol. The highest BCUT2D eigenvalue weighted by atomic mass is 16.3. The van der Waals surface area contributed by atoms with E-state index in [0.29, 0.717) is 12.1 Å². The minimum absolute atomic E-state index is 0.0656. The topological polar surface area (TPSA) is 62.5 Å². The van der Waals surface area contributed by atoms with Gasteiger partial charge in [-0.25, -0.2) is 0 Å². The molecule has 0 bridgehead atoms. The van der Waals surface area contributed by atoms with E-state index in [2.05, 4.69) is 38.2 Å². The van der Waals surface area contributed by atoms with Gasteiger partial charge in [0.05, 0.1) is 6.61 Å². The first-order valence-electron chi connectivity index (χ1n) is 8.63. The number of hydrogen-bond donors (Lipinski definition) is 2. The Hall–Kier alpha value is -2.85. The molecule has 4 heteroatoms. The number of amides is 1. The lowest BCUT2D eigenvalue weighted by molar-refractivity contribution is 0.0995. The number of nitrogens with one attached hydrogen (secondary N) is 1. The van der Waals surface area contributed by atoms with Gasteiger partial charge in [0.15, 0.2) is 5.76 Å². The highest BCUT2D eigenvalue weighted by molar-refractivity contribution is 6.02. The molecule has 0 fully saturated rings. The molecule has 3 rings (SSSR count). The van der Waals surface area contributed by atoms with E-state index in [-0.39, 0.29) is 18.3 Å². The van der Waals surface area contributed by atoms with Crippen LogP contribution in [0.5, 0.6) is 0 Å². The molecule has 0 saturated heterocycles. The molecule has 0 saturated carbocycles. The van der Waals surface area contributed by atoms with Crippen LogP contribution in [0.3, 0.4) is 0 Å². The van der Waals surface area contributed by atoms with Crippen LogP contribution >= 0.6 is 0 Å². The molecule has 0 aliphatic heterocycles. The van der Waals surface area contributed by atoms with E-state index >= 15 is 0 Å². The number of rotatable bonds is 5. The minimum atomic E-state index is -0.302. The van der Waals surface area contributed by atoms with Gasteiger partial charge in [0.1, 0.15) is 5.76 Å². The van der Waals surface area contributed by atoms with Crippen LogP contribution in [0.2, 0.25) is 0 Å². The van der Waals surface area contributed by atoms with Crippen molar-refractivity contribution in [3.8, 4) is 0 Å². The third kappa shape index (κ3) is 4.03. The first kappa shape index (κ1) is 18.0. The molecule has 26 heavy (non-hydrogen) atoms. The van der Waals surface area contributed by atoms with Crippen molar-refractivity contribution in [1.82, 2.24) is 0 Å². The van der Waals surface area contributed by atoms with E-state index in [0.717, 1.165) is 11.3 Å². The van der Waals surface area contributed by atoms with Crippen LogP contribution in [-0.4, -0.2) is 11.0 Å². The van der Waals surface area contributed by atoms with Crippen molar-refractivity contribution in [2.75, 3.05) is 5.32 Å². The summed E-state index contributed by atoms with van der Waals surface area (Å²) in [6.07, 6.45) is 0.658. The van der Waals surface area contributed by atoms with Crippen molar-refractivity contribution >= 4 is 11.6 Å². The van der Waals surface area contributed by atoms with Gasteiger partial charge in [-0.3, -0.25) is 4.79 Å². The maximum atomic E-state index is 12.4. The normalized spacial score (nSPS) is 10.8. The predicted octanol–water partition coefficient (Wildman–Crippen LogP) is 4.54. The van der Waals surface area contributed by atoms with E-state index in [4.69, 9.17) is 4.42 Å². The van der Waals surface area contributed by atoms with Gasteiger partial charge in [-0.05, 0) is 67.3 Å². The van der Waals surface area contributed by atoms with Crippen molar-refractivity contribution in [1.29, 1.82) is 0 Å². The molecule has 0 aliphatic rings. The molecular formula is C22H23NO3. The van der Waals surface area contributed by atoms with Crippen molar-refractivity contribution in [3.05, 3.63) is 87.9 Å². The zero-order chi connectivity index (χ0) is 18.7. The lowest BCUT2D eigenvalue weighted by atomic mass is 9.97. The van der Waals surface area contributed by atoms with Gasteiger partial charge in [0.25, 0.3) is 5.91 Å². The number of carbonyl (C=O) groups excluding carboxylic acids is 1. The van der Waals surface area contributed by atoms with E-state index in [9.17, 15) is 9.90 Å². The minimum Gasteiger partial charge on any atom is -0.456 e. The molecule has 0 spiro atoms. The van der Waals surface area contributed by atoms with Crippen molar-refractivity contribution in [3.63, 3.8) is 0 Å². The summed E-state index contributed by atoms with van der Waals surface area (Å²) >= 11 is 0. The molecular weight excluding hydrogens is 326 g/mol. The molecule has 0 radical (unpaired) electrons. The Morgan fingerprint density at radius 3 is 2.46 bits per heavy atom. The van der Waals surface area contributed by atoms with Crippen molar-refractivity contribution < 1.29 is 14.3 Å². The molecule has 134 valence electrons.